The topological polar surface area (TPSA) is 99.6 Å². The van der Waals surface area contributed by atoms with Crippen LogP contribution < -0.4 is 15.7 Å². The van der Waals surface area contributed by atoms with Crippen LogP contribution in [-0.2, 0) is 0 Å². The van der Waals surface area contributed by atoms with Gasteiger partial charge in [0.2, 0.25) is 0 Å². The first-order chi connectivity index (χ1) is 15.0. The summed E-state index contributed by atoms with van der Waals surface area (Å²) in [6.07, 6.45) is -1.21. The first-order valence-electron chi connectivity index (χ1n) is 9.46. The van der Waals surface area contributed by atoms with Gasteiger partial charge in [-0.2, -0.15) is 5.10 Å². The molecule has 3 N–H and O–H groups in total. The van der Waals surface area contributed by atoms with Gasteiger partial charge < -0.3 is 14.8 Å². The normalized spacial score (nSPS) is 12.5. The van der Waals surface area contributed by atoms with E-state index >= 15 is 0 Å². The molecular weight excluding hydrogens is 416 g/mol. The van der Waals surface area contributed by atoms with Crippen molar-refractivity contribution >= 4 is 34.0 Å². The summed E-state index contributed by atoms with van der Waals surface area (Å²) in [6, 6.07) is 21.1. The van der Waals surface area contributed by atoms with Gasteiger partial charge in [0.25, 0.3) is 5.56 Å². The summed E-state index contributed by atoms with van der Waals surface area (Å²) in [6.45, 7) is 0. The molecule has 31 heavy (non-hydrogen) atoms. The van der Waals surface area contributed by atoms with Crippen molar-refractivity contribution in [3.8, 4) is 5.75 Å². The number of aromatic amines is 1. The molecule has 1 aromatic heterocycles. The Bertz CT molecular complexity index is 1290. The van der Waals surface area contributed by atoms with Crippen LogP contribution in [0.4, 0.5) is 5.69 Å². The second-order valence-corrected chi connectivity index (χ2v) is 7.16. The number of fused-ring (bicyclic) bond motifs is 1. The Morgan fingerprint density at radius 1 is 1.13 bits per heavy atom. The molecule has 1 unspecified atom stereocenters. The van der Waals surface area contributed by atoms with E-state index in [1.165, 1.54) is 0 Å². The van der Waals surface area contributed by atoms with Gasteiger partial charge in [0, 0.05) is 5.02 Å². The molecule has 0 spiro atoms. The fraction of sp³-hybridized carbons (Fsp3) is 0.0870. The molecular formula is C23H19ClN4O3. The second kappa shape index (κ2) is 8.99. The maximum absolute atomic E-state index is 12.8. The fourth-order valence-corrected chi connectivity index (χ4v) is 3.23. The predicted octanol–water partition coefficient (Wildman–Crippen LogP) is 4.13. The zero-order valence-electron chi connectivity index (χ0n) is 16.5. The number of aromatic nitrogens is 2. The third-order valence-electron chi connectivity index (χ3n) is 4.67. The number of rotatable bonds is 6. The highest BCUT2D eigenvalue weighted by Gasteiger charge is 2.23. The number of H-pyrrole nitrogens is 1. The molecule has 0 bridgehead atoms. The maximum Gasteiger partial charge on any atom is 0.276 e. The minimum absolute atomic E-state index is 0.00146. The standard InChI is InChI=1S/C23H19ClN4O3/c1-31-17-10-7-14(8-11-17)22(29)20(28-27-16-5-3-2-4-6-16)21-23(30)26-19-13-15(24)9-12-18(19)25-21/h2-13,22,27,29H,1H3,(H,26,30)/b28-20-. The van der Waals surface area contributed by atoms with Gasteiger partial charge in [-0.25, -0.2) is 4.98 Å². The van der Waals surface area contributed by atoms with Gasteiger partial charge in [0.15, 0.2) is 5.69 Å². The molecule has 8 heteroatoms. The van der Waals surface area contributed by atoms with Crippen molar-refractivity contribution in [2.24, 2.45) is 5.10 Å². The molecule has 3 aromatic carbocycles. The van der Waals surface area contributed by atoms with E-state index in [2.05, 4.69) is 20.5 Å². The molecule has 0 saturated carbocycles. The lowest BCUT2D eigenvalue weighted by Gasteiger charge is -2.15. The van der Waals surface area contributed by atoms with Crippen LogP contribution in [0.25, 0.3) is 11.0 Å². The molecule has 0 amide bonds. The first kappa shape index (κ1) is 20.6. The third kappa shape index (κ3) is 4.58. The largest absolute Gasteiger partial charge is 0.497 e. The smallest absolute Gasteiger partial charge is 0.276 e. The zero-order valence-corrected chi connectivity index (χ0v) is 17.3. The van der Waals surface area contributed by atoms with Crippen molar-refractivity contribution in [3.63, 3.8) is 0 Å². The average Bonchev–Trinajstić information content (AvgIpc) is 2.80. The van der Waals surface area contributed by atoms with Gasteiger partial charge in [-0.15, -0.1) is 0 Å². The summed E-state index contributed by atoms with van der Waals surface area (Å²) in [4.78, 5) is 20.0. The van der Waals surface area contributed by atoms with Crippen LogP contribution in [0.2, 0.25) is 5.02 Å². The lowest BCUT2D eigenvalue weighted by molar-refractivity contribution is 0.247. The molecule has 1 atom stereocenters. The maximum atomic E-state index is 12.8. The quantitative estimate of drug-likeness (QED) is 0.313. The number of hydrogen-bond acceptors (Lipinski definition) is 6. The number of nitrogens with one attached hydrogen (secondary N) is 2. The monoisotopic (exact) mass is 434 g/mol. The molecule has 0 aliphatic rings. The summed E-state index contributed by atoms with van der Waals surface area (Å²) in [5.74, 6) is 0.649. The SMILES string of the molecule is COc1ccc(C(O)/C(=N\Nc2ccccc2)c2nc3ccc(Cl)cc3[nH]c2=O)cc1. The molecule has 7 nitrogen and oxygen atoms in total. The lowest BCUT2D eigenvalue weighted by Crippen LogP contribution is -2.26. The molecule has 0 aliphatic heterocycles. The Hall–Kier alpha value is -3.68. The molecule has 4 rings (SSSR count). The van der Waals surface area contributed by atoms with Crippen LogP contribution in [0, 0.1) is 0 Å². The molecule has 1 heterocycles. The second-order valence-electron chi connectivity index (χ2n) is 6.73. The van der Waals surface area contributed by atoms with E-state index in [1.807, 2.05) is 30.3 Å². The highest BCUT2D eigenvalue weighted by molar-refractivity contribution is 6.31. The average molecular weight is 435 g/mol. The zero-order chi connectivity index (χ0) is 21.8. The Morgan fingerprint density at radius 2 is 1.87 bits per heavy atom. The number of nitrogens with zero attached hydrogens (tertiary/aromatic N) is 2. The minimum Gasteiger partial charge on any atom is -0.497 e. The lowest BCUT2D eigenvalue weighted by atomic mass is 10.0. The van der Waals surface area contributed by atoms with Gasteiger partial charge in [0.05, 0.1) is 23.8 Å². The van der Waals surface area contributed by atoms with E-state index in [0.29, 0.717) is 33.1 Å². The Balaban J connectivity index is 1.81. The number of ether oxygens (including phenoxy) is 1. The van der Waals surface area contributed by atoms with Gasteiger partial charge in [0.1, 0.15) is 17.6 Å². The highest BCUT2D eigenvalue weighted by Crippen LogP contribution is 2.22. The molecule has 0 fully saturated rings. The minimum atomic E-state index is -1.21. The van der Waals surface area contributed by atoms with Crippen molar-refractivity contribution in [1.29, 1.82) is 0 Å². The number of hydrazone groups is 1. The van der Waals surface area contributed by atoms with Crippen LogP contribution >= 0.6 is 11.6 Å². The van der Waals surface area contributed by atoms with Crippen molar-refractivity contribution in [2.75, 3.05) is 12.5 Å². The molecule has 0 aliphatic carbocycles. The third-order valence-corrected chi connectivity index (χ3v) is 4.90. The number of halogens is 1. The van der Waals surface area contributed by atoms with E-state index in [1.54, 1.807) is 49.6 Å². The number of anilines is 1. The van der Waals surface area contributed by atoms with Crippen LogP contribution in [0.1, 0.15) is 17.4 Å². The van der Waals surface area contributed by atoms with Crippen LogP contribution in [0.5, 0.6) is 5.75 Å². The fourth-order valence-electron chi connectivity index (χ4n) is 3.06. The Kier molecular flexibility index (Phi) is 5.97. The summed E-state index contributed by atoms with van der Waals surface area (Å²) in [5.41, 5.74) is 4.73. The van der Waals surface area contributed by atoms with Crippen molar-refractivity contribution < 1.29 is 9.84 Å². The van der Waals surface area contributed by atoms with Gasteiger partial charge in [-0.3, -0.25) is 10.2 Å². The van der Waals surface area contributed by atoms with Crippen molar-refractivity contribution in [1.82, 2.24) is 9.97 Å². The van der Waals surface area contributed by atoms with Crippen LogP contribution in [-0.4, -0.2) is 27.9 Å². The Labute approximate surface area is 183 Å². The van der Waals surface area contributed by atoms with E-state index < -0.39 is 11.7 Å². The van der Waals surface area contributed by atoms with E-state index in [9.17, 15) is 9.90 Å². The van der Waals surface area contributed by atoms with E-state index in [0.717, 1.165) is 0 Å². The number of hydrogen-bond donors (Lipinski definition) is 3. The molecule has 4 aromatic rings. The van der Waals surface area contributed by atoms with Crippen molar-refractivity contribution in [3.05, 3.63) is 99.4 Å². The highest BCUT2D eigenvalue weighted by atomic mass is 35.5. The summed E-state index contributed by atoms with van der Waals surface area (Å²) < 4.78 is 5.17. The van der Waals surface area contributed by atoms with Gasteiger partial charge in [-0.1, -0.05) is 41.9 Å². The van der Waals surface area contributed by atoms with Crippen LogP contribution in [0.3, 0.4) is 0 Å². The van der Waals surface area contributed by atoms with Crippen LogP contribution in [0.15, 0.2) is 82.7 Å². The number of aliphatic hydroxyl groups is 1. The number of methoxy groups -OCH3 is 1. The molecule has 0 radical (unpaired) electrons. The Morgan fingerprint density at radius 3 is 2.58 bits per heavy atom. The molecule has 156 valence electrons. The summed E-state index contributed by atoms with van der Waals surface area (Å²) in [7, 11) is 1.56. The van der Waals surface area contributed by atoms with Crippen molar-refractivity contribution in [2.45, 2.75) is 6.10 Å². The number of para-hydroxylation sites is 1. The molecule has 0 saturated heterocycles. The number of benzene rings is 3. The van der Waals surface area contributed by atoms with E-state index in [4.69, 9.17) is 16.3 Å². The van der Waals surface area contributed by atoms with E-state index in [-0.39, 0.29) is 11.4 Å². The first-order valence-corrected chi connectivity index (χ1v) is 9.83. The predicted molar refractivity (Wildman–Crippen MR) is 122 cm³/mol. The summed E-state index contributed by atoms with van der Waals surface area (Å²) >= 11 is 6.01. The van der Waals surface area contributed by atoms with Gasteiger partial charge >= 0.3 is 0 Å². The van der Waals surface area contributed by atoms with Gasteiger partial charge in [-0.05, 0) is 48.0 Å². The number of aliphatic hydroxyl groups excluding tert-OH is 1. The summed E-state index contributed by atoms with van der Waals surface area (Å²) in [5, 5.41) is 15.9.